The molecule has 2 N–H and O–H groups in total. The van der Waals surface area contributed by atoms with Crippen molar-refractivity contribution in [1.29, 1.82) is 0 Å². The fourth-order valence-corrected chi connectivity index (χ4v) is 4.77. The highest BCUT2D eigenvalue weighted by Gasteiger charge is 2.45. The highest BCUT2D eigenvalue weighted by molar-refractivity contribution is 7.03. The first-order chi connectivity index (χ1) is 14.1. The van der Waals surface area contributed by atoms with Gasteiger partial charge in [0.1, 0.15) is 6.04 Å². The van der Waals surface area contributed by atoms with Crippen molar-refractivity contribution in [2.75, 3.05) is 25.5 Å². The van der Waals surface area contributed by atoms with Gasteiger partial charge in [0.25, 0.3) is 0 Å². The predicted molar refractivity (Wildman–Crippen MR) is 111 cm³/mol. The van der Waals surface area contributed by atoms with E-state index in [1.54, 1.807) is 0 Å². The van der Waals surface area contributed by atoms with Gasteiger partial charge in [0.05, 0.1) is 5.69 Å². The summed E-state index contributed by atoms with van der Waals surface area (Å²) in [5.41, 5.74) is 1.72. The van der Waals surface area contributed by atoms with Crippen molar-refractivity contribution < 1.29 is 9.59 Å². The Morgan fingerprint density at radius 2 is 2.17 bits per heavy atom. The molecule has 2 aromatic rings. The van der Waals surface area contributed by atoms with Gasteiger partial charge in [-0.2, -0.15) is 0 Å². The van der Waals surface area contributed by atoms with Crippen LogP contribution in [0.4, 0.5) is 5.69 Å². The molecule has 0 unspecified atom stereocenters. The fourth-order valence-electron chi connectivity index (χ4n) is 4.33. The number of likely N-dealkylation sites (N-methyl/N-ethyl adjacent to an activating group) is 1. The molecule has 2 saturated heterocycles. The summed E-state index contributed by atoms with van der Waals surface area (Å²) >= 11 is 1.33. The molecule has 2 amide bonds. The Morgan fingerprint density at radius 3 is 2.93 bits per heavy atom. The molecule has 2 aliphatic rings. The van der Waals surface area contributed by atoms with Crippen LogP contribution in [0, 0.1) is 0 Å². The molecule has 0 bridgehead atoms. The first-order valence-corrected chi connectivity index (χ1v) is 10.8. The minimum Gasteiger partial charge on any atom is -0.353 e. The van der Waals surface area contributed by atoms with Crippen molar-refractivity contribution in [3.8, 4) is 0 Å². The molecule has 1 aromatic carbocycles. The summed E-state index contributed by atoms with van der Waals surface area (Å²) in [6.07, 6.45) is 2.05. The fraction of sp³-hybridized carbons (Fsp3) is 0.500. The number of amides is 2. The third kappa shape index (κ3) is 4.63. The lowest BCUT2D eigenvalue weighted by Gasteiger charge is -2.33. The van der Waals surface area contributed by atoms with E-state index >= 15 is 0 Å². The van der Waals surface area contributed by atoms with Crippen LogP contribution >= 0.6 is 11.5 Å². The molecule has 154 valence electrons. The highest BCUT2D eigenvalue weighted by Crippen LogP contribution is 2.28. The number of benzene rings is 1. The second kappa shape index (κ2) is 8.98. The smallest absolute Gasteiger partial charge is 0.239 e. The minimum atomic E-state index is -0.190. The van der Waals surface area contributed by atoms with E-state index in [0.717, 1.165) is 24.3 Å². The zero-order chi connectivity index (χ0) is 20.2. The van der Waals surface area contributed by atoms with E-state index in [4.69, 9.17) is 0 Å². The maximum Gasteiger partial charge on any atom is 0.239 e. The summed E-state index contributed by atoms with van der Waals surface area (Å²) in [5, 5.41) is 12.1. The Balaban J connectivity index is 1.36. The van der Waals surface area contributed by atoms with Crippen LogP contribution < -0.4 is 10.6 Å². The van der Waals surface area contributed by atoms with Crippen molar-refractivity contribution in [3.63, 3.8) is 0 Å². The number of fused-ring (bicyclic) bond motifs is 1. The van der Waals surface area contributed by atoms with Gasteiger partial charge >= 0.3 is 0 Å². The maximum atomic E-state index is 12.8. The van der Waals surface area contributed by atoms with Crippen LogP contribution in [0.3, 0.4) is 0 Å². The number of rotatable bonds is 6. The normalized spacial score (nSPS) is 25.3. The molecule has 8 nitrogen and oxygen atoms in total. The molecule has 1 aromatic heterocycles. The summed E-state index contributed by atoms with van der Waals surface area (Å²) in [7, 11) is 2.08. The second-order valence-electron chi connectivity index (χ2n) is 7.68. The molecule has 0 spiro atoms. The topological polar surface area (TPSA) is 90.5 Å². The van der Waals surface area contributed by atoms with Gasteiger partial charge in [0.15, 0.2) is 0 Å². The van der Waals surface area contributed by atoms with Crippen LogP contribution in [0.15, 0.2) is 35.7 Å². The average Bonchev–Trinajstić information content (AvgIpc) is 3.36. The quantitative estimate of drug-likeness (QED) is 0.741. The lowest BCUT2D eigenvalue weighted by molar-refractivity contribution is -0.126. The number of hydrogen-bond acceptors (Lipinski definition) is 7. The molecular weight excluding hydrogens is 388 g/mol. The molecule has 2 fully saturated rings. The number of nitrogens with zero attached hydrogens (tertiary/aromatic N) is 4. The average molecular weight is 415 g/mol. The first kappa shape index (κ1) is 19.9. The zero-order valence-corrected chi connectivity index (χ0v) is 17.3. The van der Waals surface area contributed by atoms with E-state index in [9.17, 15) is 9.59 Å². The molecule has 2 aliphatic heterocycles. The van der Waals surface area contributed by atoms with Gasteiger partial charge in [-0.05, 0) is 43.6 Å². The van der Waals surface area contributed by atoms with Gasteiger partial charge in [0, 0.05) is 49.2 Å². The number of carbonyl (C=O) groups excluding carboxylic acids is 2. The summed E-state index contributed by atoms with van der Waals surface area (Å²) in [5.74, 6) is 0.0691. The van der Waals surface area contributed by atoms with E-state index in [-0.39, 0.29) is 29.9 Å². The molecule has 4 rings (SSSR count). The summed E-state index contributed by atoms with van der Waals surface area (Å²) in [6.45, 7) is 2.06. The lowest BCUT2D eigenvalue weighted by Crippen LogP contribution is -2.49. The minimum absolute atomic E-state index is 0.000745. The monoisotopic (exact) mass is 414 g/mol. The Kier molecular flexibility index (Phi) is 6.17. The van der Waals surface area contributed by atoms with Gasteiger partial charge in [-0.3, -0.25) is 19.4 Å². The largest absolute Gasteiger partial charge is 0.353 e. The summed E-state index contributed by atoms with van der Waals surface area (Å²) in [4.78, 5) is 29.6. The van der Waals surface area contributed by atoms with E-state index in [0.29, 0.717) is 25.9 Å². The van der Waals surface area contributed by atoms with Crippen molar-refractivity contribution in [2.24, 2.45) is 0 Å². The SMILES string of the molecule is CN1[C@@H](CCC(=O)Nc2ccccc2)CNC(=O)[C@@H]2[C@@H]1CCN2Cc1csnn1. The van der Waals surface area contributed by atoms with Crippen molar-refractivity contribution in [2.45, 2.75) is 43.9 Å². The van der Waals surface area contributed by atoms with Gasteiger partial charge < -0.3 is 10.6 Å². The van der Waals surface area contributed by atoms with Gasteiger partial charge in [-0.1, -0.05) is 22.7 Å². The Bertz CT molecular complexity index is 831. The molecule has 29 heavy (non-hydrogen) atoms. The third-order valence-electron chi connectivity index (χ3n) is 5.88. The number of nitrogens with one attached hydrogen (secondary N) is 2. The second-order valence-corrected chi connectivity index (χ2v) is 8.29. The number of para-hydroxylation sites is 1. The number of carbonyl (C=O) groups is 2. The maximum absolute atomic E-state index is 12.8. The van der Waals surface area contributed by atoms with Gasteiger partial charge in [-0.15, -0.1) is 5.10 Å². The van der Waals surface area contributed by atoms with Crippen LogP contribution in [-0.2, 0) is 16.1 Å². The zero-order valence-electron chi connectivity index (χ0n) is 16.5. The molecule has 9 heteroatoms. The van der Waals surface area contributed by atoms with Crippen LogP contribution in [-0.4, -0.2) is 69.5 Å². The Morgan fingerprint density at radius 1 is 1.34 bits per heavy atom. The molecule has 0 radical (unpaired) electrons. The number of likely N-dealkylation sites (tertiary alicyclic amines) is 1. The third-order valence-corrected chi connectivity index (χ3v) is 6.44. The highest BCUT2D eigenvalue weighted by atomic mass is 32.1. The summed E-state index contributed by atoms with van der Waals surface area (Å²) in [6, 6.07) is 9.57. The standard InChI is InChI=1S/C20H26N6O2S/c1-25-16(7-8-18(27)22-14-5-3-2-4-6-14)11-21-20(28)19-17(25)9-10-26(19)12-15-13-29-24-23-15/h2-6,13,16-17,19H,7-12H2,1H3,(H,21,28)(H,22,27)/t16-,17-,19-/m0/s1. The Labute approximate surface area is 174 Å². The van der Waals surface area contributed by atoms with E-state index in [1.807, 2.05) is 35.7 Å². The van der Waals surface area contributed by atoms with Crippen LogP contribution in [0.5, 0.6) is 0 Å². The van der Waals surface area contributed by atoms with E-state index in [2.05, 4.69) is 37.1 Å². The van der Waals surface area contributed by atoms with Crippen LogP contribution in [0.2, 0.25) is 0 Å². The van der Waals surface area contributed by atoms with E-state index in [1.165, 1.54) is 11.5 Å². The van der Waals surface area contributed by atoms with Gasteiger partial charge in [-0.25, -0.2) is 0 Å². The van der Waals surface area contributed by atoms with Crippen molar-refractivity contribution >= 4 is 29.0 Å². The van der Waals surface area contributed by atoms with Crippen molar-refractivity contribution in [3.05, 3.63) is 41.4 Å². The summed E-state index contributed by atoms with van der Waals surface area (Å²) < 4.78 is 3.92. The first-order valence-electron chi connectivity index (χ1n) is 9.96. The number of hydrogen-bond donors (Lipinski definition) is 2. The van der Waals surface area contributed by atoms with E-state index < -0.39 is 0 Å². The molecular formula is C20H26N6O2S. The number of aromatic nitrogens is 2. The molecule has 0 aliphatic carbocycles. The number of anilines is 1. The van der Waals surface area contributed by atoms with Gasteiger partial charge in [0.2, 0.25) is 11.8 Å². The lowest BCUT2D eigenvalue weighted by atomic mass is 10.0. The molecule has 3 heterocycles. The predicted octanol–water partition coefficient (Wildman–Crippen LogP) is 1.33. The molecule has 3 atom stereocenters. The van der Waals surface area contributed by atoms with Crippen LogP contribution in [0.1, 0.15) is 25.0 Å². The molecule has 0 saturated carbocycles. The van der Waals surface area contributed by atoms with Crippen LogP contribution in [0.25, 0.3) is 0 Å². The van der Waals surface area contributed by atoms with Crippen molar-refractivity contribution in [1.82, 2.24) is 24.7 Å². The Hall–Kier alpha value is -2.36.